The molecule has 0 aliphatic carbocycles. The van der Waals surface area contributed by atoms with Gasteiger partial charge in [-0.05, 0) is 25.0 Å². The first kappa shape index (κ1) is 19.7. The number of carbonyl (C=O) groups excluding carboxylic acids is 1. The van der Waals surface area contributed by atoms with E-state index in [-0.39, 0.29) is 19.6 Å². The predicted octanol–water partition coefficient (Wildman–Crippen LogP) is 2.11. The van der Waals surface area contributed by atoms with Crippen molar-refractivity contribution in [3.8, 4) is 5.88 Å². The standard InChI is InChI=1S/C19H24N2O5/c1-13-15(8-9-17(21-13)25-2)18(23)16(22)10-11-20-19(24)26-12-14-6-4-3-5-7-14/h3-9,16,18,22-23H,10-12H2,1-2H3,(H,20,24). The molecule has 0 saturated heterocycles. The molecule has 1 heterocycles. The molecule has 1 amide bonds. The minimum absolute atomic E-state index is 0.174. The summed E-state index contributed by atoms with van der Waals surface area (Å²) in [5.74, 6) is 0.441. The van der Waals surface area contributed by atoms with Crippen LogP contribution in [0.1, 0.15) is 29.3 Å². The molecule has 0 aliphatic rings. The second kappa shape index (κ2) is 9.74. The van der Waals surface area contributed by atoms with Crippen LogP contribution in [0.15, 0.2) is 42.5 Å². The molecule has 3 N–H and O–H groups in total. The van der Waals surface area contributed by atoms with Gasteiger partial charge in [-0.2, -0.15) is 0 Å². The normalized spacial score (nSPS) is 12.9. The fraction of sp³-hybridized carbons (Fsp3) is 0.368. The van der Waals surface area contributed by atoms with Crippen LogP contribution in [0, 0.1) is 6.92 Å². The van der Waals surface area contributed by atoms with Crippen molar-refractivity contribution in [1.82, 2.24) is 10.3 Å². The zero-order valence-corrected chi connectivity index (χ0v) is 14.9. The average Bonchev–Trinajstić information content (AvgIpc) is 2.66. The van der Waals surface area contributed by atoms with Crippen molar-refractivity contribution in [2.24, 2.45) is 0 Å². The molecule has 0 fully saturated rings. The number of hydrogen-bond acceptors (Lipinski definition) is 6. The summed E-state index contributed by atoms with van der Waals surface area (Å²) in [6, 6.07) is 12.6. The number of aromatic nitrogens is 1. The molecule has 0 bridgehead atoms. The van der Waals surface area contributed by atoms with Gasteiger partial charge in [-0.1, -0.05) is 30.3 Å². The summed E-state index contributed by atoms with van der Waals surface area (Å²) in [6.07, 6.45) is -2.54. The molecule has 2 rings (SSSR count). The number of pyridine rings is 1. The fourth-order valence-electron chi connectivity index (χ4n) is 2.44. The Hall–Kier alpha value is -2.64. The molecule has 7 heteroatoms. The Morgan fingerprint density at radius 2 is 1.92 bits per heavy atom. The van der Waals surface area contributed by atoms with E-state index in [1.165, 1.54) is 7.11 Å². The molecule has 7 nitrogen and oxygen atoms in total. The summed E-state index contributed by atoms with van der Waals surface area (Å²) in [5, 5.41) is 23.0. The maximum atomic E-state index is 11.7. The third-order valence-corrected chi connectivity index (χ3v) is 3.92. The van der Waals surface area contributed by atoms with Gasteiger partial charge < -0.3 is 25.0 Å². The molecule has 26 heavy (non-hydrogen) atoms. The molecule has 0 saturated carbocycles. The van der Waals surface area contributed by atoms with Gasteiger partial charge >= 0.3 is 6.09 Å². The van der Waals surface area contributed by atoms with E-state index >= 15 is 0 Å². The molecule has 0 aliphatic heterocycles. The number of aliphatic hydroxyl groups is 2. The van der Waals surface area contributed by atoms with E-state index in [1.807, 2.05) is 30.3 Å². The smallest absolute Gasteiger partial charge is 0.407 e. The van der Waals surface area contributed by atoms with Crippen LogP contribution in [0.5, 0.6) is 5.88 Å². The SMILES string of the molecule is COc1ccc(C(O)C(O)CCNC(=O)OCc2ccccc2)c(C)n1. The van der Waals surface area contributed by atoms with E-state index in [0.717, 1.165) is 5.56 Å². The molecule has 0 spiro atoms. The van der Waals surface area contributed by atoms with E-state index in [4.69, 9.17) is 9.47 Å². The Balaban J connectivity index is 1.75. The highest BCUT2D eigenvalue weighted by Gasteiger charge is 2.21. The van der Waals surface area contributed by atoms with E-state index < -0.39 is 18.3 Å². The van der Waals surface area contributed by atoms with Gasteiger partial charge in [0.15, 0.2) is 0 Å². The number of hydrogen-bond donors (Lipinski definition) is 3. The van der Waals surface area contributed by atoms with Crippen molar-refractivity contribution in [1.29, 1.82) is 0 Å². The third-order valence-electron chi connectivity index (χ3n) is 3.92. The minimum Gasteiger partial charge on any atom is -0.481 e. The lowest BCUT2D eigenvalue weighted by molar-refractivity contribution is 0.0130. The van der Waals surface area contributed by atoms with Gasteiger partial charge in [0.05, 0.1) is 13.2 Å². The molecule has 1 aromatic carbocycles. The number of aryl methyl sites for hydroxylation is 1. The van der Waals surface area contributed by atoms with E-state index in [0.29, 0.717) is 17.1 Å². The van der Waals surface area contributed by atoms with E-state index in [1.54, 1.807) is 19.1 Å². The maximum Gasteiger partial charge on any atom is 0.407 e. The number of methoxy groups -OCH3 is 1. The third kappa shape index (κ3) is 5.72. The first-order valence-electron chi connectivity index (χ1n) is 8.33. The van der Waals surface area contributed by atoms with Gasteiger partial charge in [-0.25, -0.2) is 9.78 Å². The Morgan fingerprint density at radius 3 is 2.58 bits per heavy atom. The van der Waals surface area contributed by atoms with Crippen LogP contribution in [-0.2, 0) is 11.3 Å². The number of nitrogens with zero attached hydrogens (tertiary/aromatic N) is 1. The predicted molar refractivity (Wildman–Crippen MR) is 95.7 cm³/mol. The number of nitrogens with one attached hydrogen (secondary N) is 1. The second-order valence-corrected chi connectivity index (χ2v) is 5.82. The minimum atomic E-state index is -1.10. The molecule has 1 aromatic heterocycles. The average molecular weight is 360 g/mol. The number of rotatable bonds is 8. The molecule has 2 aromatic rings. The summed E-state index contributed by atoms with van der Waals surface area (Å²) in [5.41, 5.74) is 1.98. The second-order valence-electron chi connectivity index (χ2n) is 5.82. The number of ether oxygens (including phenoxy) is 2. The van der Waals surface area contributed by atoms with E-state index in [9.17, 15) is 15.0 Å². The first-order valence-corrected chi connectivity index (χ1v) is 8.33. The van der Waals surface area contributed by atoms with Crippen LogP contribution < -0.4 is 10.1 Å². The molecule has 140 valence electrons. The lowest BCUT2D eigenvalue weighted by Crippen LogP contribution is -2.30. The highest BCUT2D eigenvalue weighted by Crippen LogP contribution is 2.23. The summed E-state index contributed by atoms with van der Waals surface area (Å²) < 4.78 is 10.1. The van der Waals surface area contributed by atoms with Gasteiger partial charge in [-0.3, -0.25) is 0 Å². The maximum absolute atomic E-state index is 11.7. The van der Waals surface area contributed by atoms with Crippen molar-refractivity contribution in [3.63, 3.8) is 0 Å². The summed E-state index contributed by atoms with van der Waals surface area (Å²) in [4.78, 5) is 15.8. The summed E-state index contributed by atoms with van der Waals surface area (Å²) in [6.45, 7) is 2.08. The van der Waals surface area contributed by atoms with Crippen molar-refractivity contribution >= 4 is 6.09 Å². The number of alkyl carbamates (subject to hydrolysis) is 1. The Kier molecular flexibility index (Phi) is 7.37. The van der Waals surface area contributed by atoms with Gasteiger partial charge in [0.1, 0.15) is 12.7 Å². The van der Waals surface area contributed by atoms with Crippen LogP contribution in [0.2, 0.25) is 0 Å². The van der Waals surface area contributed by atoms with Crippen LogP contribution in [0.3, 0.4) is 0 Å². The number of carbonyl (C=O) groups is 1. The van der Waals surface area contributed by atoms with Crippen molar-refractivity contribution < 1.29 is 24.5 Å². The lowest BCUT2D eigenvalue weighted by atomic mass is 10.0. The molecule has 2 unspecified atom stereocenters. The largest absolute Gasteiger partial charge is 0.481 e. The monoisotopic (exact) mass is 360 g/mol. The van der Waals surface area contributed by atoms with Crippen molar-refractivity contribution in [3.05, 3.63) is 59.3 Å². The van der Waals surface area contributed by atoms with Crippen molar-refractivity contribution in [2.45, 2.75) is 32.2 Å². The van der Waals surface area contributed by atoms with Crippen LogP contribution in [-0.4, -0.2) is 41.0 Å². The molecular weight excluding hydrogens is 336 g/mol. The topological polar surface area (TPSA) is 101 Å². The van der Waals surface area contributed by atoms with Crippen LogP contribution >= 0.6 is 0 Å². The van der Waals surface area contributed by atoms with Crippen LogP contribution in [0.25, 0.3) is 0 Å². The molecular formula is C19H24N2O5. The molecule has 2 atom stereocenters. The summed E-state index contributed by atoms with van der Waals surface area (Å²) >= 11 is 0. The molecule has 0 radical (unpaired) electrons. The zero-order chi connectivity index (χ0) is 18.9. The highest BCUT2D eigenvalue weighted by molar-refractivity contribution is 5.67. The number of amides is 1. The first-order chi connectivity index (χ1) is 12.5. The number of benzene rings is 1. The fourth-order valence-corrected chi connectivity index (χ4v) is 2.44. The van der Waals surface area contributed by atoms with Gasteiger partial charge in [0.25, 0.3) is 0 Å². The Morgan fingerprint density at radius 1 is 1.19 bits per heavy atom. The Labute approximate surface area is 152 Å². The van der Waals surface area contributed by atoms with Crippen LogP contribution in [0.4, 0.5) is 4.79 Å². The quantitative estimate of drug-likeness (QED) is 0.667. The summed E-state index contributed by atoms with van der Waals surface area (Å²) in [7, 11) is 1.51. The van der Waals surface area contributed by atoms with E-state index in [2.05, 4.69) is 10.3 Å². The van der Waals surface area contributed by atoms with Crippen molar-refractivity contribution in [2.75, 3.05) is 13.7 Å². The van der Waals surface area contributed by atoms with Gasteiger partial charge in [0.2, 0.25) is 5.88 Å². The Bertz CT molecular complexity index is 708. The number of aliphatic hydroxyl groups excluding tert-OH is 2. The zero-order valence-electron chi connectivity index (χ0n) is 14.9. The lowest BCUT2D eigenvalue weighted by Gasteiger charge is -2.20. The van der Waals surface area contributed by atoms with Gasteiger partial charge in [-0.15, -0.1) is 0 Å². The van der Waals surface area contributed by atoms with Gasteiger partial charge in [0, 0.05) is 23.9 Å². The highest BCUT2D eigenvalue weighted by atomic mass is 16.5.